The van der Waals surface area contributed by atoms with E-state index < -0.39 is 28.8 Å². The number of carbonyl (C=O) groups excluding carboxylic acids is 2. The van der Waals surface area contributed by atoms with Gasteiger partial charge >= 0.3 is 11.9 Å². The van der Waals surface area contributed by atoms with Gasteiger partial charge in [-0.2, -0.15) is 0 Å². The molecule has 0 aromatic heterocycles. The molecule has 0 amide bonds. The van der Waals surface area contributed by atoms with E-state index in [1.807, 2.05) is 13.8 Å². The third-order valence-electron chi connectivity index (χ3n) is 2.37. The van der Waals surface area contributed by atoms with E-state index >= 15 is 0 Å². The molecule has 0 bridgehead atoms. The predicted octanol–water partition coefficient (Wildman–Crippen LogP) is 3.28. The Hall–Kier alpha value is -0.480. The Bertz CT molecular complexity index is 284. The normalized spacial score (nSPS) is 15.4. The molecule has 0 rings (SSSR count). The van der Waals surface area contributed by atoms with Crippen LogP contribution in [-0.4, -0.2) is 35.4 Å². The van der Waals surface area contributed by atoms with Crippen molar-refractivity contribution >= 4 is 35.1 Å². The smallest absolute Gasteiger partial charge is 0.324 e. The van der Waals surface area contributed by atoms with Gasteiger partial charge in [-0.1, -0.05) is 26.7 Å². The number of esters is 2. The number of hydrogen-bond donors (Lipinski definition) is 0. The Kier molecular flexibility index (Phi) is 10.1. The molecule has 0 N–H and O–H groups in total. The first-order chi connectivity index (χ1) is 8.92. The lowest BCUT2D eigenvalue weighted by atomic mass is 10.2. The van der Waals surface area contributed by atoms with E-state index in [1.165, 1.54) is 0 Å². The summed E-state index contributed by atoms with van der Waals surface area (Å²) in [5, 5.41) is -1.29. The second kappa shape index (κ2) is 10.3. The molecule has 0 saturated carbocycles. The molecule has 0 aliphatic heterocycles. The lowest BCUT2D eigenvalue weighted by Crippen LogP contribution is -2.28. The Morgan fingerprint density at radius 1 is 1.00 bits per heavy atom. The zero-order valence-electron chi connectivity index (χ0n) is 11.7. The fourth-order valence-corrected chi connectivity index (χ4v) is 1.89. The second-order valence-corrected chi connectivity index (χ2v) is 5.44. The maximum atomic E-state index is 11.5. The highest BCUT2D eigenvalue weighted by Crippen LogP contribution is 2.10. The zero-order chi connectivity index (χ0) is 14.8. The Labute approximate surface area is 124 Å². The van der Waals surface area contributed by atoms with Crippen molar-refractivity contribution in [2.24, 2.45) is 0 Å². The molecule has 0 heterocycles. The van der Waals surface area contributed by atoms with Crippen LogP contribution in [-0.2, 0) is 19.1 Å². The molecule has 0 aromatic rings. The highest BCUT2D eigenvalue weighted by Gasteiger charge is 2.21. The number of ether oxygens (including phenoxy) is 2. The minimum atomic E-state index is -0.649. The van der Waals surface area contributed by atoms with Gasteiger partial charge in [0, 0.05) is 0 Å². The highest BCUT2D eigenvalue weighted by molar-refractivity contribution is 6.30. The number of rotatable bonds is 9. The maximum Gasteiger partial charge on any atom is 0.324 e. The summed E-state index contributed by atoms with van der Waals surface area (Å²) in [6, 6.07) is 0. The van der Waals surface area contributed by atoms with Crippen LogP contribution >= 0.6 is 23.2 Å². The molecule has 0 aliphatic rings. The van der Waals surface area contributed by atoms with Crippen molar-refractivity contribution in [3.63, 3.8) is 0 Å². The lowest BCUT2D eigenvalue weighted by molar-refractivity contribution is -0.157. The average Bonchev–Trinajstić information content (AvgIpc) is 2.36. The molecular formula is C13H22Cl2O4. The van der Waals surface area contributed by atoms with Crippen molar-refractivity contribution in [3.05, 3.63) is 0 Å². The largest absolute Gasteiger partial charge is 0.461 e. The number of carbonyl (C=O) groups is 2. The molecule has 19 heavy (non-hydrogen) atoms. The molecule has 6 heteroatoms. The van der Waals surface area contributed by atoms with Crippen molar-refractivity contribution in [2.75, 3.05) is 6.61 Å². The van der Waals surface area contributed by atoms with Crippen molar-refractivity contribution in [3.8, 4) is 0 Å². The first-order valence-electron chi connectivity index (χ1n) is 6.57. The first kappa shape index (κ1) is 18.5. The van der Waals surface area contributed by atoms with E-state index in [0.29, 0.717) is 12.8 Å². The van der Waals surface area contributed by atoms with Gasteiger partial charge in [-0.3, -0.25) is 9.59 Å². The predicted molar refractivity (Wildman–Crippen MR) is 75.6 cm³/mol. The Morgan fingerprint density at radius 2 is 1.47 bits per heavy atom. The molecule has 4 nitrogen and oxygen atoms in total. The summed E-state index contributed by atoms with van der Waals surface area (Å²) in [5.74, 6) is -0.967. The lowest BCUT2D eigenvalue weighted by Gasteiger charge is -2.16. The quantitative estimate of drug-likeness (QED) is 0.484. The van der Waals surface area contributed by atoms with Gasteiger partial charge in [0.1, 0.15) is 23.5 Å². The van der Waals surface area contributed by atoms with Crippen LogP contribution in [0.5, 0.6) is 0 Å². The van der Waals surface area contributed by atoms with Crippen LogP contribution in [0.4, 0.5) is 0 Å². The van der Waals surface area contributed by atoms with Crippen LogP contribution < -0.4 is 0 Å². The van der Waals surface area contributed by atoms with E-state index in [0.717, 1.165) is 12.8 Å². The molecule has 3 unspecified atom stereocenters. The van der Waals surface area contributed by atoms with Gasteiger partial charge in [0.15, 0.2) is 0 Å². The van der Waals surface area contributed by atoms with Gasteiger partial charge in [-0.25, -0.2) is 0 Å². The molecule has 0 aromatic carbocycles. The van der Waals surface area contributed by atoms with Crippen LogP contribution in [0.3, 0.4) is 0 Å². The molecule has 0 radical (unpaired) electrons. The average molecular weight is 313 g/mol. The minimum Gasteiger partial charge on any atom is -0.461 e. The summed E-state index contributed by atoms with van der Waals surface area (Å²) in [6.45, 7) is 5.50. The van der Waals surface area contributed by atoms with Crippen LogP contribution in [0.15, 0.2) is 0 Å². The van der Waals surface area contributed by atoms with Crippen LogP contribution in [0.1, 0.15) is 46.5 Å². The number of halogens is 2. The molecular weight excluding hydrogens is 291 g/mol. The van der Waals surface area contributed by atoms with E-state index in [-0.39, 0.29) is 6.61 Å². The monoisotopic (exact) mass is 312 g/mol. The zero-order valence-corrected chi connectivity index (χ0v) is 13.2. The molecule has 0 saturated heterocycles. The van der Waals surface area contributed by atoms with Gasteiger partial charge in [-0.05, 0) is 19.8 Å². The van der Waals surface area contributed by atoms with E-state index in [4.69, 9.17) is 32.7 Å². The summed E-state index contributed by atoms with van der Waals surface area (Å²) in [6.07, 6.45) is 2.21. The van der Waals surface area contributed by atoms with E-state index in [1.54, 1.807) is 6.92 Å². The topological polar surface area (TPSA) is 52.6 Å². The van der Waals surface area contributed by atoms with Gasteiger partial charge < -0.3 is 9.47 Å². The van der Waals surface area contributed by atoms with Crippen molar-refractivity contribution in [1.29, 1.82) is 0 Å². The van der Waals surface area contributed by atoms with Crippen LogP contribution in [0.25, 0.3) is 0 Å². The number of hydrogen-bond acceptors (Lipinski definition) is 4. The third kappa shape index (κ3) is 8.32. The second-order valence-electron chi connectivity index (χ2n) is 4.39. The van der Waals surface area contributed by atoms with Gasteiger partial charge in [-0.15, -0.1) is 23.2 Å². The SMILES string of the molecule is CCCC(Cl)C(=O)OCC(C)OC(=O)C(Cl)CCC. The third-order valence-corrected chi connectivity index (χ3v) is 3.17. The summed E-state index contributed by atoms with van der Waals surface area (Å²) in [5.41, 5.74) is 0. The van der Waals surface area contributed by atoms with Crippen LogP contribution in [0.2, 0.25) is 0 Å². The summed E-state index contributed by atoms with van der Waals surface area (Å²) < 4.78 is 10.0. The molecule has 3 atom stereocenters. The molecule has 112 valence electrons. The summed E-state index contributed by atoms with van der Waals surface area (Å²) in [4.78, 5) is 22.9. The first-order valence-corrected chi connectivity index (χ1v) is 7.44. The van der Waals surface area contributed by atoms with E-state index in [9.17, 15) is 9.59 Å². The maximum absolute atomic E-state index is 11.5. The molecule has 0 aliphatic carbocycles. The van der Waals surface area contributed by atoms with Gasteiger partial charge in [0.2, 0.25) is 0 Å². The Balaban J connectivity index is 3.95. The fraction of sp³-hybridized carbons (Fsp3) is 0.846. The van der Waals surface area contributed by atoms with Crippen LogP contribution in [0, 0.1) is 0 Å². The van der Waals surface area contributed by atoms with Crippen molar-refractivity contribution < 1.29 is 19.1 Å². The summed E-state index contributed by atoms with van der Waals surface area (Å²) in [7, 11) is 0. The Morgan fingerprint density at radius 3 is 1.95 bits per heavy atom. The molecule has 0 fully saturated rings. The standard InChI is InChI=1S/C13H22Cl2O4/c1-4-6-10(14)12(16)18-8-9(3)19-13(17)11(15)7-5-2/h9-11H,4-8H2,1-3H3. The van der Waals surface area contributed by atoms with Crippen molar-refractivity contribution in [1.82, 2.24) is 0 Å². The minimum absolute atomic E-state index is 0.00670. The number of alkyl halides is 2. The van der Waals surface area contributed by atoms with Crippen molar-refractivity contribution in [2.45, 2.75) is 63.3 Å². The molecule has 0 spiro atoms. The van der Waals surface area contributed by atoms with Gasteiger partial charge in [0.05, 0.1) is 0 Å². The van der Waals surface area contributed by atoms with Gasteiger partial charge in [0.25, 0.3) is 0 Å². The van der Waals surface area contributed by atoms with E-state index in [2.05, 4.69) is 0 Å². The fourth-order valence-electron chi connectivity index (χ4n) is 1.34. The highest BCUT2D eigenvalue weighted by atomic mass is 35.5. The summed E-state index contributed by atoms with van der Waals surface area (Å²) >= 11 is 11.6.